The van der Waals surface area contributed by atoms with Gasteiger partial charge in [0.2, 0.25) is 0 Å². The van der Waals surface area contributed by atoms with Crippen molar-refractivity contribution < 1.29 is 4.79 Å². The zero-order chi connectivity index (χ0) is 19.2. The van der Waals surface area contributed by atoms with E-state index in [1.807, 2.05) is 41.3 Å². The average molecular weight is 371 g/mol. The molecule has 1 N–H and O–H groups in total. The van der Waals surface area contributed by atoms with Gasteiger partial charge in [-0.3, -0.25) is 9.78 Å². The molecular formula is C24H25N3O. The largest absolute Gasteiger partial charge is 0.385 e. The Morgan fingerprint density at radius 1 is 1.04 bits per heavy atom. The van der Waals surface area contributed by atoms with Crippen LogP contribution in [0, 0.1) is 0 Å². The van der Waals surface area contributed by atoms with Gasteiger partial charge >= 0.3 is 0 Å². The molecule has 4 nitrogen and oxygen atoms in total. The molecule has 0 radical (unpaired) electrons. The third-order valence-electron chi connectivity index (χ3n) is 5.15. The lowest BCUT2D eigenvalue weighted by Gasteiger charge is -2.29. The summed E-state index contributed by atoms with van der Waals surface area (Å²) in [5.41, 5.74) is 5.03. The lowest BCUT2D eigenvalue weighted by molar-refractivity contribution is 0.0980. The summed E-state index contributed by atoms with van der Waals surface area (Å²) in [6.45, 7) is 1.60. The summed E-state index contributed by atoms with van der Waals surface area (Å²) in [6.07, 6.45) is 5.80. The van der Waals surface area contributed by atoms with Crippen molar-refractivity contribution in [2.24, 2.45) is 0 Å². The van der Waals surface area contributed by atoms with Crippen molar-refractivity contribution in [2.75, 3.05) is 23.3 Å². The molecule has 1 aliphatic heterocycles. The molecular weight excluding hydrogens is 346 g/mol. The smallest absolute Gasteiger partial charge is 0.276 e. The monoisotopic (exact) mass is 371 g/mol. The summed E-state index contributed by atoms with van der Waals surface area (Å²) < 4.78 is 0. The third kappa shape index (κ3) is 4.22. The average Bonchev–Trinajstić information content (AvgIpc) is 2.77. The number of aryl methyl sites for hydroxylation is 2. The van der Waals surface area contributed by atoms with Crippen molar-refractivity contribution in [3.63, 3.8) is 0 Å². The predicted octanol–water partition coefficient (Wildman–Crippen LogP) is 4.72. The van der Waals surface area contributed by atoms with E-state index in [1.54, 1.807) is 6.20 Å². The summed E-state index contributed by atoms with van der Waals surface area (Å²) in [5, 5.41) is 3.42. The maximum Gasteiger partial charge on any atom is 0.276 e. The van der Waals surface area contributed by atoms with Gasteiger partial charge in [-0.05, 0) is 55.0 Å². The number of hydrogen-bond donors (Lipinski definition) is 1. The van der Waals surface area contributed by atoms with Crippen LogP contribution in [-0.2, 0) is 12.8 Å². The molecule has 0 unspecified atom stereocenters. The van der Waals surface area contributed by atoms with E-state index < -0.39 is 0 Å². The van der Waals surface area contributed by atoms with E-state index in [1.165, 1.54) is 11.1 Å². The van der Waals surface area contributed by atoms with Crippen LogP contribution >= 0.6 is 0 Å². The SMILES string of the molecule is O=C(c1cc(NCCCc2ccccc2)ccn1)N1CCCc2ccccc21. The Bertz CT molecular complexity index is 939. The summed E-state index contributed by atoms with van der Waals surface area (Å²) >= 11 is 0. The van der Waals surface area contributed by atoms with E-state index in [0.717, 1.165) is 50.1 Å². The van der Waals surface area contributed by atoms with Gasteiger partial charge in [-0.15, -0.1) is 0 Å². The van der Waals surface area contributed by atoms with Crippen LogP contribution in [-0.4, -0.2) is 24.0 Å². The van der Waals surface area contributed by atoms with Crippen LogP contribution in [0.3, 0.4) is 0 Å². The fraction of sp³-hybridized carbons (Fsp3) is 0.250. The first-order chi connectivity index (χ1) is 13.8. The number of fused-ring (bicyclic) bond motifs is 1. The van der Waals surface area contributed by atoms with Crippen LogP contribution < -0.4 is 10.2 Å². The maximum absolute atomic E-state index is 13.1. The zero-order valence-corrected chi connectivity index (χ0v) is 16.0. The van der Waals surface area contributed by atoms with Crippen molar-refractivity contribution >= 4 is 17.3 Å². The molecule has 2 heterocycles. The fourth-order valence-corrected chi connectivity index (χ4v) is 3.71. The highest BCUT2D eigenvalue weighted by atomic mass is 16.2. The molecule has 0 fully saturated rings. The number of anilines is 2. The van der Waals surface area contributed by atoms with Crippen LogP contribution in [0.25, 0.3) is 0 Å². The molecule has 3 aromatic rings. The number of amides is 1. The van der Waals surface area contributed by atoms with E-state index >= 15 is 0 Å². The molecule has 0 spiro atoms. The fourth-order valence-electron chi connectivity index (χ4n) is 3.71. The Morgan fingerprint density at radius 3 is 2.75 bits per heavy atom. The van der Waals surface area contributed by atoms with Crippen molar-refractivity contribution in [3.05, 3.63) is 89.7 Å². The van der Waals surface area contributed by atoms with Crippen molar-refractivity contribution in [1.82, 2.24) is 4.98 Å². The van der Waals surface area contributed by atoms with Crippen LogP contribution in [0.5, 0.6) is 0 Å². The van der Waals surface area contributed by atoms with E-state index in [4.69, 9.17) is 0 Å². The normalized spacial score (nSPS) is 13.1. The topological polar surface area (TPSA) is 45.2 Å². The summed E-state index contributed by atoms with van der Waals surface area (Å²) in [4.78, 5) is 19.3. The third-order valence-corrected chi connectivity index (χ3v) is 5.15. The van der Waals surface area contributed by atoms with Gasteiger partial charge in [0.05, 0.1) is 0 Å². The number of pyridine rings is 1. The second kappa shape index (κ2) is 8.70. The van der Waals surface area contributed by atoms with Gasteiger partial charge in [-0.1, -0.05) is 48.5 Å². The van der Waals surface area contributed by atoms with Gasteiger partial charge in [-0.2, -0.15) is 0 Å². The van der Waals surface area contributed by atoms with Gasteiger partial charge < -0.3 is 10.2 Å². The number of benzene rings is 2. The molecule has 1 aromatic heterocycles. The first-order valence-electron chi connectivity index (χ1n) is 9.95. The van der Waals surface area contributed by atoms with Crippen molar-refractivity contribution in [2.45, 2.75) is 25.7 Å². The molecule has 0 bridgehead atoms. The maximum atomic E-state index is 13.1. The summed E-state index contributed by atoms with van der Waals surface area (Å²) in [5.74, 6) is -0.0277. The predicted molar refractivity (Wildman–Crippen MR) is 114 cm³/mol. The van der Waals surface area contributed by atoms with Crippen LogP contribution in [0.15, 0.2) is 72.9 Å². The van der Waals surface area contributed by atoms with Gasteiger partial charge in [-0.25, -0.2) is 0 Å². The summed E-state index contributed by atoms with van der Waals surface area (Å²) in [7, 11) is 0. The number of aromatic nitrogens is 1. The Labute approximate surface area is 166 Å². The first-order valence-corrected chi connectivity index (χ1v) is 9.95. The number of nitrogens with zero attached hydrogens (tertiary/aromatic N) is 2. The van der Waals surface area contributed by atoms with Gasteiger partial charge in [0.15, 0.2) is 0 Å². The van der Waals surface area contributed by atoms with Gasteiger partial charge in [0.1, 0.15) is 5.69 Å². The molecule has 1 amide bonds. The lowest BCUT2D eigenvalue weighted by atomic mass is 10.0. The highest BCUT2D eigenvalue weighted by Crippen LogP contribution is 2.28. The van der Waals surface area contributed by atoms with Crippen molar-refractivity contribution in [3.8, 4) is 0 Å². The second-order valence-electron chi connectivity index (χ2n) is 7.13. The molecule has 0 saturated carbocycles. The standard InChI is InChI=1S/C24H25N3O/c28-24(27-17-7-12-20-11-4-5-13-23(20)27)22-18-21(14-16-26-22)25-15-6-10-19-8-2-1-3-9-19/h1-5,8-9,11,13-14,16,18H,6-7,10,12,15,17H2,(H,25,26). The highest BCUT2D eigenvalue weighted by Gasteiger charge is 2.24. The minimum absolute atomic E-state index is 0.0277. The molecule has 1 aliphatic rings. The Balaban J connectivity index is 1.39. The van der Waals surface area contributed by atoms with Crippen LogP contribution in [0.4, 0.5) is 11.4 Å². The Hall–Kier alpha value is -3.14. The highest BCUT2D eigenvalue weighted by molar-refractivity contribution is 6.05. The first kappa shape index (κ1) is 18.2. The van der Waals surface area contributed by atoms with Crippen molar-refractivity contribution in [1.29, 1.82) is 0 Å². The second-order valence-corrected chi connectivity index (χ2v) is 7.13. The number of carbonyl (C=O) groups excluding carboxylic acids is 1. The molecule has 142 valence electrons. The van der Waals surface area contributed by atoms with E-state index in [2.05, 4.69) is 40.6 Å². The number of para-hydroxylation sites is 1. The minimum atomic E-state index is -0.0277. The quantitative estimate of drug-likeness (QED) is 0.638. The molecule has 2 aromatic carbocycles. The molecule has 28 heavy (non-hydrogen) atoms. The number of nitrogens with one attached hydrogen (secondary N) is 1. The van der Waals surface area contributed by atoms with Gasteiger partial charge in [0.25, 0.3) is 5.91 Å². The van der Waals surface area contributed by atoms with Gasteiger partial charge in [0, 0.05) is 30.7 Å². The van der Waals surface area contributed by atoms with Crippen LogP contribution in [0.2, 0.25) is 0 Å². The van der Waals surface area contributed by atoms with E-state index in [-0.39, 0.29) is 5.91 Å². The molecule has 4 heteroatoms. The zero-order valence-electron chi connectivity index (χ0n) is 16.0. The molecule has 4 rings (SSSR count). The van der Waals surface area contributed by atoms with E-state index in [0.29, 0.717) is 5.69 Å². The number of carbonyl (C=O) groups is 1. The molecule has 0 aliphatic carbocycles. The van der Waals surface area contributed by atoms with E-state index in [9.17, 15) is 4.79 Å². The lowest BCUT2D eigenvalue weighted by Crippen LogP contribution is -2.35. The Morgan fingerprint density at radius 2 is 1.86 bits per heavy atom. The minimum Gasteiger partial charge on any atom is -0.385 e. The number of hydrogen-bond acceptors (Lipinski definition) is 3. The summed E-state index contributed by atoms with van der Waals surface area (Å²) in [6, 6.07) is 22.4. The van der Waals surface area contributed by atoms with Crippen LogP contribution in [0.1, 0.15) is 34.5 Å². The Kier molecular flexibility index (Phi) is 5.66. The number of rotatable bonds is 6. The molecule has 0 saturated heterocycles. The molecule has 0 atom stereocenters.